The van der Waals surface area contributed by atoms with Gasteiger partial charge in [0, 0.05) is 32.0 Å². The normalized spacial score (nSPS) is 23.4. The summed E-state index contributed by atoms with van der Waals surface area (Å²) in [6.45, 7) is 1.11. The van der Waals surface area contributed by atoms with Crippen molar-refractivity contribution in [3.05, 3.63) is 35.4 Å². The number of rotatable bonds is 3. The summed E-state index contributed by atoms with van der Waals surface area (Å²) >= 11 is 0. The lowest BCUT2D eigenvalue weighted by molar-refractivity contribution is -0.146. The van der Waals surface area contributed by atoms with Crippen LogP contribution in [0.15, 0.2) is 18.6 Å². The zero-order chi connectivity index (χ0) is 20.6. The molecule has 0 radical (unpaired) electrons. The van der Waals surface area contributed by atoms with E-state index < -0.39 is 23.8 Å². The highest BCUT2D eigenvalue weighted by molar-refractivity contribution is 5.95. The number of alkyl halides is 3. The van der Waals surface area contributed by atoms with Crippen LogP contribution < -0.4 is 0 Å². The van der Waals surface area contributed by atoms with Gasteiger partial charge in [-0.25, -0.2) is 0 Å². The second kappa shape index (κ2) is 7.81. The van der Waals surface area contributed by atoms with E-state index in [1.807, 2.05) is 6.20 Å². The molecule has 158 valence electrons. The summed E-state index contributed by atoms with van der Waals surface area (Å²) in [7, 11) is 1.77. The fourth-order valence-corrected chi connectivity index (χ4v) is 4.28. The van der Waals surface area contributed by atoms with E-state index in [2.05, 4.69) is 10.2 Å². The average Bonchev–Trinajstić information content (AvgIpc) is 3.34. The third kappa shape index (κ3) is 3.90. The van der Waals surface area contributed by atoms with E-state index in [0.29, 0.717) is 32.4 Å². The molecule has 29 heavy (non-hydrogen) atoms. The molecule has 0 saturated carbocycles. The minimum Gasteiger partial charge on any atom is -0.379 e. The lowest BCUT2D eigenvalue weighted by Gasteiger charge is -2.35. The van der Waals surface area contributed by atoms with Crippen LogP contribution in [0.3, 0.4) is 0 Å². The summed E-state index contributed by atoms with van der Waals surface area (Å²) in [5.74, 6) is -0.631. The van der Waals surface area contributed by atoms with E-state index in [1.165, 1.54) is 4.90 Å². The van der Waals surface area contributed by atoms with E-state index >= 15 is 0 Å². The maximum atomic E-state index is 14.0. The highest BCUT2D eigenvalue weighted by atomic mass is 19.4. The first-order valence-electron chi connectivity index (χ1n) is 9.88. The van der Waals surface area contributed by atoms with Crippen molar-refractivity contribution < 1.29 is 22.7 Å². The molecule has 0 N–H and O–H groups in total. The van der Waals surface area contributed by atoms with Crippen molar-refractivity contribution in [2.24, 2.45) is 7.05 Å². The molecule has 7 nitrogen and oxygen atoms in total. The zero-order valence-corrected chi connectivity index (χ0v) is 16.2. The van der Waals surface area contributed by atoms with Crippen LogP contribution in [-0.2, 0) is 18.0 Å². The molecule has 1 amide bonds. The highest BCUT2D eigenvalue weighted by Gasteiger charge is 2.43. The molecule has 2 fully saturated rings. The van der Waals surface area contributed by atoms with Gasteiger partial charge in [0.1, 0.15) is 0 Å². The molecular weight excluding hydrogens is 387 g/mol. The Labute approximate surface area is 166 Å². The van der Waals surface area contributed by atoms with Gasteiger partial charge in [0.05, 0.1) is 36.6 Å². The Kier molecular flexibility index (Phi) is 5.37. The van der Waals surface area contributed by atoms with Crippen LogP contribution in [0.4, 0.5) is 13.2 Å². The van der Waals surface area contributed by atoms with E-state index in [-0.39, 0.29) is 18.2 Å². The number of hydrogen-bond acceptors (Lipinski definition) is 4. The number of likely N-dealkylation sites (tertiary alicyclic amines) is 1. The third-order valence-electron chi connectivity index (χ3n) is 5.65. The summed E-state index contributed by atoms with van der Waals surface area (Å²) in [4.78, 5) is 14.8. The second-order valence-electron chi connectivity index (χ2n) is 7.68. The fourth-order valence-electron chi connectivity index (χ4n) is 4.28. The molecule has 4 heterocycles. The van der Waals surface area contributed by atoms with Crippen LogP contribution >= 0.6 is 0 Å². The fraction of sp³-hybridized carbons (Fsp3) is 0.632. The van der Waals surface area contributed by atoms with E-state index in [9.17, 15) is 18.0 Å². The number of amides is 1. The van der Waals surface area contributed by atoms with Crippen molar-refractivity contribution in [1.29, 1.82) is 0 Å². The Bertz CT molecular complexity index is 870. The number of aryl methyl sites for hydroxylation is 1. The Balaban J connectivity index is 1.69. The van der Waals surface area contributed by atoms with Gasteiger partial charge >= 0.3 is 6.18 Å². The Hall–Kier alpha value is -2.36. The molecule has 2 aliphatic rings. The summed E-state index contributed by atoms with van der Waals surface area (Å²) in [5.41, 5.74) is -0.533. The number of hydrogen-bond donors (Lipinski definition) is 0. The van der Waals surface area contributed by atoms with Crippen molar-refractivity contribution in [1.82, 2.24) is 24.5 Å². The van der Waals surface area contributed by atoms with Crippen LogP contribution in [0.1, 0.15) is 65.8 Å². The number of ether oxygens (including phenoxy) is 1. The second-order valence-corrected chi connectivity index (χ2v) is 7.68. The molecule has 10 heteroatoms. The predicted molar refractivity (Wildman–Crippen MR) is 97.2 cm³/mol. The van der Waals surface area contributed by atoms with Gasteiger partial charge in [-0.2, -0.15) is 23.4 Å². The van der Waals surface area contributed by atoms with Gasteiger partial charge < -0.3 is 9.64 Å². The van der Waals surface area contributed by atoms with Crippen molar-refractivity contribution in [3.8, 4) is 0 Å². The predicted octanol–water partition coefficient (Wildman–Crippen LogP) is 3.35. The van der Waals surface area contributed by atoms with E-state index in [4.69, 9.17) is 4.74 Å². The minimum atomic E-state index is -4.68. The quantitative estimate of drug-likeness (QED) is 0.777. The number of piperidine rings is 1. The maximum Gasteiger partial charge on any atom is 0.433 e. The molecular formula is C19H24F3N5O2. The Morgan fingerprint density at radius 1 is 1.17 bits per heavy atom. The van der Waals surface area contributed by atoms with Gasteiger partial charge in [0.25, 0.3) is 5.91 Å². The molecule has 2 aromatic rings. The number of aromatic nitrogens is 4. The minimum absolute atomic E-state index is 0.167. The van der Waals surface area contributed by atoms with E-state index in [0.717, 1.165) is 29.3 Å². The third-order valence-corrected chi connectivity index (χ3v) is 5.65. The number of carbonyl (C=O) groups is 1. The number of nitrogens with zero attached hydrogens (tertiary/aromatic N) is 5. The molecule has 2 aliphatic heterocycles. The first-order chi connectivity index (χ1) is 13.9. The van der Waals surface area contributed by atoms with Crippen molar-refractivity contribution in [2.75, 3.05) is 19.8 Å². The number of carbonyl (C=O) groups excluding carboxylic acids is 1. The van der Waals surface area contributed by atoms with Crippen LogP contribution in [0.5, 0.6) is 0 Å². The molecule has 0 aromatic carbocycles. The first-order valence-corrected chi connectivity index (χ1v) is 9.88. The van der Waals surface area contributed by atoms with Crippen LogP contribution in [0.2, 0.25) is 0 Å². The Morgan fingerprint density at radius 3 is 2.66 bits per heavy atom. The largest absolute Gasteiger partial charge is 0.433 e. The van der Waals surface area contributed by atoms with Crippen molar-refractivity contribution >= 4 is 5.91 Å². The Morgan fingerprint density at radius 2 is 2.00 bits per heavy atom. The maximum absolute atomic E-state index is 14.0. The van der Waals surface area contributed by atoms with Gasteiger partial charge in [-0.05, 0) is 32.1 Å². The van der Waals surface area contributed by atoms with Crippen molar-refractivity contribution in [3.63, 3.8) is 0 Å². The summed E-state index contributed by atoms with van der Waals surface area (Å²) < 4.78 is 49.8. The molecule has 2 unspecified atom stereocenters. The van der Waals surface area contributed by atoms with Gasteiger partial charge in [-0.3, -0.25) is 14.2 Å². The molecule has 0 aliphatic carbocycles. The number of halogens is 3. The molecule has 4 rings (SSSR count). The van der Waals surface area contributed by atoms with Crippen LogP contribution in [0, 0.1) is 0 Å². The molecule has 2 saturated heterocycles. The summed E-state index contributed by atoms with van der Waals surface area (Å²) in [5, 5.41) is 8.13. The monoisotopic (exact) mass is 411 g/mol. The smallest absolute Gasteiger partial charge is 0.379 e. The lowest BCUT2D eigenvalue weighted by Crippen LogP contribution is -2.39. The first kappa shape index (κ1) is 19.9. The van der Waals surface area contributed by atoms with Gasteiger partial charge in [-0.15, -0.1) is 0 Å². The molecule has 0 bridgehead atoms. The standard InChI is InChI=1S/C19H24F3N5O2/c1-25-11-13(9-23-25)16-6-2-3-7-26(16)18(28)15-10-24-27(17(15)19(20,21)22)14-5-4-8-29-12-14/h9-11,14,16H,2-8,12H2,1H3. The SMILES string of the molecule is Cn1cc(C2CCCCN2C(=O)c2cnn(C3CCCOC3)c2C(F)(F)F)cn1. The van der Waals surface area contributed by atoms with Gasteiger partial charge in [0.2, 0.25) is 0 Å². The van der Waals surface area contributed by atoms with Crippen LogP contribution in [-0.4, -0.2) is 50.1 Å². The van der Waals surface area contributed by atoms with Crippen molar-refractivity contribution in [2.45, 2.75) is 50.4 Å². The lowest BCUT2D eigenvalue weighted by atomic mass is 9.96. The van der Waals surface area contributed by atoms with Gasteiger partial charge in [0.15, 0.2) is 5.69 Å². The summed E-state index contributed by atoms with van der Waals surface area (Å²) in [6, 6.07) is -0.801. The molecule has 2 atom stereocenters. The average molecular weight is 411 g/mol. The van der Waals surface area contributed by atoms with Crippen LogP contribution in [0.25, 0.3) is 0 Å². The zero-order valence-electron chi connectivity index (χ0n) is 16.2. The van der Waals surface area contributed by atoms with Gasteiger partial charge in [-0.1, -0.05) is 0 Å². The highest BCUT2D eigenvalue weighted by Crippen LogP contribution is 2.38. The molecule has 0 spiro atoms. The topological polar surface area (TPSA) is 65.2 Å². The summed E-state index contributed by atoms with van der Waals surface area (Å²) in [6.07, 6.45) is 3.44. The molecule has 2 aromatic heterocycles. The van der Waals surface area contributed by atoms with E-state index in [1.54, 1.807) is 17.9 Å².